The van der Waals surface area contributed by atoms with E-state index in [9.17, 15) is 24.7 Å². The number of nitrogens with zero attached hydrogens (tertiary/aromatic N) is 5. The van der Waals surface area contributed by atoms with Crippen molar-refractivity contribution in [3.05, 3.63) is 40.6 Å². The Hall–Kier alpha value is -3.06. The van der Waals surface area contributed by atoms with Gasteiger partial charge in [-0.15, -0.1) is 11.8 Å². The Morgan fingerprint density at radius 1 is 1.41 bits per heavy atom. The summed E-state index contributed by atoms with van der Waals surface area (Å²) in [6.07, 6.45) is 0.0915. The normalized spacial score (nSPS) is 19.3. The average Bonchev–Trinajstić information content (AvgIpc) is 3.30. The van der Waals surface area contributed by atoms with Crippen molar-refractivity contribution in [2.75, 3.05) is 23.8 Å². The van der Waals surface area contributed by atoms with E-state index in [-0.39, 0.29) is 16.8 Å². The molecule has 1 saturated heterocycles. The van der Waals surface area contributed by atoms with Crippen molar-refractivity contribution in [3.8, 4) is 0 Å². The van der Waals surface area contributed by atoms with Crippen molar-refractivity contribution in [2.24, 2.45) is 10.9 Å². The number of aromatic nitrogens is 3. The van der Waals surface area contributed by atoms with E-state index in [0.29, 0.717) is 23.0 Å². The van der Waals surface area contributed by atoms with Gasteiger partial charge in [0.25, 0.3) is 11.8 Å². The van der Waals surface area contributed by atoms with Crippen molar-refractivity contribution in [2.45, 2.75) is 22.1 Å². The minimum absolute atomic E-state index is 0.0676. The topological polar surface area (TPSA) is 219 Å². The summed E-state index contributed by atoms with van der Waals surface area (Å²) in [5.74, 6) is -0.101. The molecule has 2 aromatic rings. The fourth-order valence-corrected chi connectivity index (χ4v) is 7.10. The number of thioether (sulfide) groups is 3. The molecule has 0 radical (unpaired) electrons. The van der Waals surface area contributed by atoms with Crippen LogP contribution < -0.4 is 16.8 Å². The minimum atomic E-state index is -1.58. The Labute approximate surface area is 226 Å². The summed E-state index contributed by atoms with van der Waals surface area (Å²) in [7, 11) is 0. The van der Waals surface area contributed by atoms with E-state index in [2.05, 4.69) is 24.8 Å². The van der Waals surface area contributed by atoms with Crippen molar-refractivity contribution >= 4 is 75.6 Å². The molecule has 2 aliphatic rings. The number of carbonyl (C=O) groups excluding carboxylic acids is 2. The summed E-state index contributed by atoms with van der Waals surface area (Å²) in [5, 5.41) is 23.4. The second-order valence-electron chi connectivity index (χ2n) is 7.25. The van der Waals surface area contributed by atoms with Crippen LogP contribution in [0, 0.1) is 0 Å². The standard InChI is InChI=1S/C19H20N8O6S4/c20-3-5-34-6-8-9(2-1-4-22-8)36-10-7-35-17-12(15(29)27(17)16(10)33-19(30)31)23-14(28)11(25-32)13-24-18(21)37-26-13/h1-2,4,12,17,32H,3,5-7,20H2,(H,23,28)(H,30,31)(H2,21,24,26)/b25-11-/t12-,17+/m1/s1. The van der Waals surface area contributed by atoms with Crippen molar-refractivity contribution in [1.29, 1.82) is 0 Å². The Bertz CT molecular complexity index is 1270. The number of ether oxygens (including phenoxy) is 1. The summed E-state index contributed by atoms with van der Waals surface area (Å²) in [6, 6.07) is 2.60. The van der Waals surface area contributed by atoms with Gasteiger partial charge in [0.2, 0.25) is 17.4 Å². The molecule has 2 aliphatic heterocycles. The molecule has 14 nitrogen and oxygen atoms in total. The lowest BCUT2D eigenvalue weighted by atomic mass is 10.1. The van der Waals surface area contributed by atoms with Gasteiger partial charge >= 0.3 is 6.16 Å². The summed E-state index contributed by atoms with van der Waals surface area (Å²) in [4.78, 5) is 47.9. The molecular weight excluding hydrogens is 565 g/mol. The molecule has 18 heteroatoms. The van der Waals surface area contributed by atoms with Crippen LogP contribution in [0.5, 0.6) is 0 Å². The molecule has 2 atom stereocenters. The highest BCUT2D eigenvalue weighted by atomic mass is 32.2. The maximum atomic E-state index is 13.0. The lowest BCUT2D eigenvalue weighted by molar-refractivity contribution is -0.148. The number of carbonyl (C=O) groups is 3. The molecule has 7 N–H and O–H groups in total. The molecule has 0 bridgehead atoms. The van der Waals surface area contributed by atoms with E-state index < -0.39 is 35.1 Å². The van der Waals surface area contributed by atoms with Gasteiger partial charge in [-0.25, -0.2) is 4.79 Å². The highest BCUT2D eigenvalue weighted by Crippen LogP contribution is 2.46. The maximum absolute atomic E-state index is 13.0. The van der Waals surface area contributed by atoms with Crippen LogP contribution in [0.4, 0.5) is 9.93 Å². The first-order valence-corrected chi connectivity index (χ1v) is 14.2. The Balaban J connectivity index is 1.53. The lowest BCUT2D eigenvalue weighted by Crippen LogP contribution is -2.70. The molecule has 196 valence electrons. The predicted molar refractivity (Wildman–Crippen MR) is 139 cm³/mol. The van der Waals surface area contributed by atoms with E-state index in [4.69, 9.17) is 16.2 Å². The highest BCUT2D eigenvalue weighted by Gasteiger charge is 2.54. The van der Waals surface area contributed by atoms with E-state index in [1.807, 2.05) is 6.07 Å². The average molecular weight is 585 g/mol. The number of fused-ring (bicyclic) bond motifs is 1. The van der Waals surface area contributed by atoms with Crippen molar-refractivity contribution in [3.63, 3.8) is 0 Å². The zero-order valence-electron chi connectivity index (χ0n) is 18.8. The number of anilines is 1. The van der Waals surface area contributed by atoms with Gasteiger partial charge in [-0.2, -0.15) is 21.1 Å². The third kappa shape index (κ3) is 5.93. The molecule has 2 amide bonds. The number of oxime groups is 1. The monoisotopic (exact) mass is 584 g/mol. The van der Waals surface area contributed by atoms with Crippen LogP contribution in [0.15, 0.2) is 39.2 Å². The number of rotatable bonds is 10. The van der Waals surface area contributed by atoms with Crippen LogP contribution in [0.1, 0.15) is 11.5 Å². The van der Waals surface area contributed by atoms with E-state index in [1.54, 1.807) is 24.0 Å². The highest BCUT2D eigenvalue weighted by molar-refractivity contribution is 8.06. The molecule has 0 aliphatic carbocycles. The number of carboxylic acid groups (broad SMARTS) is 1. The predicted octanol–water partition coefficient (Wildman–Crippen LogP) is 0.941. The Morgan fingerprint density at radius 2 is 2.22 bits per heavy atom. The van der Waals surface area contributed by atoms with Crippen molar-refractivity contribution < 1.29 is 29.4 Å². The van der Waals surface area contributed by atoms with Crippen LogP contribution in [0.2, 0.25) is 0 Å². The van der Waals surface area contributed by atoms with Gasteiger partial charge in [0.1, 0.15) is 11.4 Å². The molecule has 0 aromatic carbocycles. The molecule has 1 fully saturated rings. The second-order valence-corrected chi connectivity index (χ2v) is 11.4. The zero-order valence-corrected chi connectivity index (χ0v) is 22.0. The maximum Gasteiger partial charge on any atom is 0.512 e. The lowest BCUT2D eigenvalue weighted by Gasteiger charge is -2.48. The first-order chi connectivity index (χ1) is 17.8. The number of hydrogen-bond donors (Lipinski definition) is 5. The summed E-state index contributed by atoms with van der Waals surface area (Å²) in [5.41, 5.74) is 11.4. The van der Waals surface area contributed by atoms with Crippen LogP contribution in [-0.4, -0.2) is 82.7 Å². The van der Waals surface area contributed by atoms with Gasteiger partial charge in [0.05, 0.1) is 10.6 Å². The number of hydrogen-bond acceptors (Lipinski definition) is 15. The summed E-state index contributed by atoms with van der Waals surface area (Å²) >= 11 is 5.01. The van der Waals surface area contributed by atoms with Gasteiger partial charge in [0, 0.05) is 46.4 Å². The Kier molecular flexibility index (Phi) is 8.75. The fourth-order valence-electron chi connectivity index (χ4n) is 3.34. The molecule has 4 rings (SSSR count). The number of nitrogen functional groups attached to an aromatic ring is 1. The van der Waals surface area contributed by atoms with Gasteiger partial charge < -0.3 is 31.8 Å². The third-order valence-corrected chi connectivity index (χ3v) is 9.07. The first kappa shape index (κ1) is 27.0. The molecule has 2 aromatic heterocycles. The summed E-state index contributed by atoms with van der Waals surface area (Å²) < 4.78 is 8.86. The smallest absolute Gasteiger partial charge is 0.449 e. The summed E-state index contributed by atoms with van der Waals surface area (Å²) in [6.45, 7) is 0.536. The molecule has 4 heterocycles. The van der Waals surface area contributed by atoms with Gasteiger partial charge in [0.15, 0.2) is 5.13 Å². The third-order valence-electron chi connectivity index (χ3n) is 4.91. The molecule has 0 saturated carbocycles. The van der Waals surface area contributed by atoms with Crippen LogP contribution in [-0.2, 0) is 20.1 Å². The van der Waals surface area contributed by atoms with Crippen LogP contribution in [0.25, 0.3) is 0 Å². The first-order valence-electron chi connectivity index (χ1n) is 10.4. The second kappa shape index (κ2) is 12.0. The van der Waals surface area contributed by atoms with E-state index in [0.717, 1.165) is 27.9 Å². The molecule has 0 spiro atoms. The molecule has 37 heavy (non-hydrogen) atoms. The van der Waals surface area contributed by atoms with Crippen LogP contribution in [0.3, 0.4) is 0 Å². The SMILES string of the molecule is NCCSCc1ncccc1SC1=C(OC(=O)O)N2C(=O)[C@@H](NC(=O)/C(=N\O)c3nsc(N)n3)[C@@H]2SC1. The fraction of sp³-hybridized carbons (Fsp3) is 0.316. The Morgan fingerprint density at radius 3 is 2.89 bits per heavy atom. The number of pyridine rings is 1. The zero-order chi connectivity index (χ0) is 26.5. The van der Waals surface area contributed by atoms with Crippen molar-refractivity contribution in [1.82, 2.24) is 24.6 Å². The quantitative estimate of drug-likeness (QED) is 0.0655. The molecular formula is C19H20N8O6S4. The van der Waals surface area contributed by atoms with Gasteiger partial charge in [-0.3, -0.25) is 19.5 Å². The number of amides is 2. The van der Waals surface area contributed by atoms with E-state index in [1.165, 1.54) is 28.4 Å². The van der Waals surface area contributed by atoms with Crippen LogP contribution >= 0.6 is 46.8 Å². The number of β-lactam (4-membered cyclic amide) rings is 1. The van der Waals surface area contributed by atoms with Gasteiger partial charge in [-0.1, -0.05) is 16.9 Å². The minimum Gasteiger partial charge on any atom is -0.449 e. The molecule has 0 unspecified atom stereocenters. The van der Waals surface area contributed by atoms with E-state index >= 15 is 0 Å². The number of nitrogens with one attached hydrogen (secondary N) is 1. The largest absolute Gasteiger partial charge is 0.512 e. The van der Waals surface area contributed by atoms with Gasteiger partial charge in [-0.05, 0) is 12.1 Å². The number of nitrogens with two attached hydrogens (primary N) is 2.